The highest BCUT2D eigenvalue weighted by Crippen LogP contribution is 2.25. The van der Waals surface area contributed by atoms with Gasteiger partial charge in [0.1, 0.15) is 18.2 Å². The summed E-state index contributed by atoms with van der Waals surface area (Å²) >= 11 is 0. The van der Waals surface area contributed by atoms with Gasteiger partial charge in [0, 0.05) is 6.07 Å². The predicted molar refractivity (Wildman–Crippen MR) is 59.7 cm³/mol. The maximum absolute atomic E-state index is 12.3. The fourth-order valence-corrected chi connectivity index (χ4v) is 1.13. The van der Waals surface area contributed by atoms with Crippen LogP contribution in [0, 0.1) is 0 Å². The van der Waals surface area contributed by atoms with Crippen molar-refractivity contribution in [2.45, 2.75) is 6.04 Å². The Morgan fingerprint density at radius 1 is 1.20 bits per heavy atom. The van der Waals surface area contributed by atoms with E-state index in [1.165, 1.54) is 0 Å². The number of hydrogen-bond donors (Lipinski definition) is 1. The van der Waals surface area contributed by atoms with E-state index in [9.17, 15) is 4.39 Å². The molecule has 5 heteroatoms. The van der Waals surface area contributed by atoms with E-state index in [0.29, 0.717) is 17.1 Å². The van der Waals surface area contributed by atoms with E-state index in [4.69, 9.17) is 15.2 Å². The van der Waals surface area contributed by atoms with E-state index >= 15 is 0 Å². The average molecular weight is 236 g/mol. The molecule has 0 saturated carbocycles. The van der Waals surface area contributed by atoms with Gasteiger partial charge in [0.2, 0.25) is 0 Å². The standard InChI is InChI=1S/C10H14FNO2.ClH/c1-13-8-3-7(10(12)6-11)4-9(5-8)14-2;/h3-5,10H,6,12H2,1-2H3;1H/t10-;/m0./s1. The number of alkyl halides is 1. The van der Waals surface area contributed by atoms with Gasteiger partial charge in [-0.25, -0.2) is 4.39 Å². The van der Waals surface area contributed by atoms with Crippen molar-refractivity contribution in [3.05, 3.63) is 23.8 Å². The van der Waals surface area contributed by atoms with Crippen LogP contribution in [0.15, 0.2) is 18.2 Å². The molecule has 0 fully saturated rings. The van der Waals surface area contributed by atoms with Crippen LogP contribution in [0.4, 0.5) is 4.39 Å². The molecule has 0 amide bonds. The molecule has 15 heavy (non-hydrogen) atoms. The van der Waals surface area contributed by atoms with Crippen LogP contribution in [0.25, 0.3) is 0 Å². The molecule has 0 saturated heterocycles. The van der Waals surface area contributed by atoms with Gasteiger partial charge in [0.25, 0.3) is 0 Å². The normalized spacial score (nSPS) is 11.5. The van der Waals surface area contributed by atoms with Crippen molar-refractivity contribution >= 4 is 12.4 Å². The first-order chi connectivity index (χ1) is 6.71. The number of methoxy groups -OCH3 is 2. The first-order valence-electron chi connectivity index (χ1n) is 4.25. The Balaban J connectivity index is 0.00000196. The minimum Gasteiger partial charge on any atom is -0.497 e. The highest BCUT2D eigenvalue weighted by molar-refractivity contribution is 5.85. The van der Waals surface area contributed by atoms with Crippen molar-refractivity contribution in [3.63, 3.8) is 0 Å². The first-order valence-corrected chi connectivity index (χ1v) is 4.25. The third-order valence-corrected chi connectivity index (χ3v) is 1.97. The molecule has 1 aromatic carbocycles. The van der Waals surface area contributed by atoms with Crippen molar-refractivity contribution in [2.75, 3.05) is 20.9 Å². The molecule has 0 spiro atoms. The van der Waals surface area contributed by atoms with E-state index in [1.807, 2.05) is 0 Å². The van der Waals surface area contributed by atoms with Crippen molar-refractivity contribution < 1.29 is 13.9 Å². The van der Waals surface area contributed by atoms with Crippen molar-refractivity contribution in [1.82, 2.24) is 0 Å². The zero-order chi connectivity index (χ0) is 10.6. The second kappa shape index (κ2) is 6.48. The molecule has 1 atom stereocenters. The van der Waals surface area contributed by atoms with Crippen molar-refractivity contribution in [2.24, 2.45) is 5.73 Å². The molecule has 1 aromatic rings. The summed E-state index contributed by atoms with van der Waals surface area (Å²) in [5.41, 5.74) is 6.23. The Hall–Kier alpha value is -1.00. The smallest absolute Gasteiger partial charge is 0.122 e. The number of ether oxygens (including phenoxy) is 2. The van der Waals surface area contributed by atoms with Gasteiger partial charge < -0.3 is 15.2 Å². The van der Waals surface area contributed by atoms with Gasteiger partial charge in [0.05, 0.1) is 20.3 Å². The summed E-state index contributed by atoms with van der Waals surface area (Å²) in [5, 5.41) is 0. The quantitative estimate of drug-likeness (QED) is 0.869. The average Bonchev–Trinajstić information content (AvgIpc) is 2.27. The second-order valence-electron chi connectivity index (χ2n) is 2.91. The lowest BCUT2D eigenvalue weighted by Gasteiger charge is -2.11. The third kappa shape index (κ3) is 3.57. The summed E-state index contributed by atoms with van der Waals surface area (Å²) in [6.45, 7) is -0.601. The third-order valence-electron chi connectivity index (χ3n) is 1.97. The van der Waals surface area contributed by atoms with Crippen molar-refractivity contribution in [1.29, 1.82) is 0 Å². The number of benzene rings is 1. The lowest BCUT2D eigenvalue weighted by atomic mass is 10.1. The SMILES string of the molecule is COc1cc(OC)cc([C@@H](N)CF)c1.Cl. The number of rotatable bonds is 4. The van der Waals surface area contributed by atoms with Crippen LogP contribution in [0.5, 0.6) is 11.5 Å². The van der Waals surface area contributed by atoms with Gasteiger partial charge in [-0.3, -0.25) is 0 Å². The highest BCUT2D eigenvalue weighted by atomic mass is 35.5. The van der Waals surface area contributed by atoms with Crippen molar-refractivity contribution in [3.8, 4) is 11.5 Å². The Morgan fingerprint density at radius 2 is 1.67 bits per heavy atom. The zero-order valence-electron chi connectivity index (χ0n) is 8.70. The topological polar surface area (TPSA) is 44.5 Å². The maximum atomic E-state index is 12.3. The van der Waals surface area contributed by atoms with Gasteiger partial charge in [-0.15, -0.1) is 12.4 Å². The van der Waals surface area contributed by atoms with E-state index in [1.54, 1.807) is 32.4 Å². The molecule has 1 rings (SSSR count). The lowest BCUT2D eigenvalue weighted by molar-refractivity contribution is 0.389. The van der Waals surface area contributed by atoms with Crippen LogP contribution < -0.4 is 15.2 Å². The molecular formula is C10H15ClFNO2. The molecule has 3 nitrogen and oxygen atoms in total. The van der Waals surface area contributed by atoms with Crippen LogP contribution >= 0.6 is 12.4 Å². The summed E-state index contributed by atoms with van der Waals surface area (Å²) in [5.74, 6) is 1.23. The number of halogens is 2. The Morgan fingerprint density at radius 3 is 2.00 bits per heavy atom. The Labute approximate surface area is 94.8 Å². The fraction of sp³-hybridized carbons (Fsp3) is 0.400. The Kier molecular flexibility index (Phi) is 6.05. The maximum Gasteiger partial charge on any atom is 0.122 e. The molecule has 0 heterocycles. The van der Waals surface area contributed by atoms with E-state index in [-0.39, 0.29) is 12.4 Å². The summed E-state index contributed by atoms with van der Waals surface area (Å²) < 4.78 is 22.4. The summed E-state index contributed by atoms with van der Waals surface area (Å²) in [6, 6.07) is 4.49. The van der Waals surface area contributed by atoms with Gasteiger partial charge in [-0.2, -0.15) is 0 Å². The van der Waals surface area contributed by atoms with E-state index in [0.717, 1.165) is 0 Å². The predicted octanol–water partition coefficient (Wildman–Crippen LogP) is 2.09. The second-order valence-corrected chi connectivity index (χ2v) is 2.91. The molecule has 0 bridgehead atoms. The molecule has 86 valence electrons. The molecule has 0 aromatic heterocycles. The van der Waals surface area contributed by atoms with Crippen LogP contribution in [-0.4, -0.2) is 20.9 Å². The molecule has 0 aliphatic carbocycles. The molecular weight excluding hydrogens is 221 g/mol. The summed E-state index contributed by atoms with van der Waals surface area (Å²) in [7, 11) is 3.08. The van der Waals surface area contributed by atoms with Crippen LogP contribution in [0.1, 0.15) is 11.6 Å². The fourth-order valence-electron chi connectivity index (χ4n) is 1.13. The Bertz CT molecular complexity index is 287. The van der Waals surface area contributed by atoms with E-state index < -0.39 is 12.7 Å². The van der Waals surface area contributed by atoms with Crippen LogP contribution in [-0.2, 0) is 0 Å². The van der Waals surface area contributed by atoms with Gasteiger partial charge in [-0.1, -0.05) is 0 Å². The minimum atomic E-state index is -0.626. The largest absolute Gasteiger partial charge is 0.497 e. The molecule has 0 aliphatic rings. The molecule has 0 unspecified atom stereocenters. The van der Waals surface area contributed by atoms with Gasteiger partial charge >= 0.3 is 0 Å². The van der Waals surface area contributed by atoms with Crippen LogP contribution in [0.3, 0.4) is 0 Å². The lowest BCUT2D eigenvalue weighted by Crippen LogP contribution is -2.12. The number of hydrogen-bond acceptors (Lipinski definition) is 3. The molecule has 0 aliphatic heterocycles. The summed E-state index contributed by atoms with van der Waals surface area (Å²) in [4.78, 5) is 0. The minimum absolute atomic E-state index is 0. The monoisotopic (exact) mass is 235 g/mol. The molecule has 0 radical (unpaired) electrons. The van der Waals surface area contributed by atoms with Gasteiger partial charge in [0.15, 0.2) is 0 Å². The first kappa shape index (κ1) is 14.0. The van der Waals surface area contributed by atoms with E-state index in [2.05, 4.69) is 0 Å². The number of nitrogens with two attached hydrogens (primary N) is 1. The zero-order valence-corrected chi connectivity index (χ0v) is 9.51. The van der Waals surface area contributed by atoms with Crippen LogP contribution in [0.2, 0.25) is 0 Å². The molecule has 2 N–H and O–H groups in total. The highest BCUT2D eigenvalue weighted by Gasteiger charge is 2.08. The summed E-state index contributed by atoms with van der Waals surface area (Å²) in [6.07, 6.45) is 0. The van der Waals surface area contributed by atoms with Gasteiger partial charge in [-0.05, 0) is 17.7 Å².